The van der Waals surface area contributed by atoms with Crippen molar-refractivity contribution >= 4 is 5.84 Å². The Hall–Kier alpha value is -0.340. The summed E-state index contributed by atoms with van der Waals surface area (Å²) < 4.78 is 0. The molecule has 0 saturated heterocycles. The first-order chi connectivity index (χ1) is 3.68. The first-order valence-corrected chi connectivity index (χ1v) is 2.31. The number of nitrogens with zero attached hydrogens (tertiary/aromatic N) is 2. The van der Waals surface area contributed by atoms with E-state index in [2.05, 4.69) is 17.1 Å². The van der Waals surface area contributed by atoms with Crippen LogP contribution in [0.1, 0.15) is 6.92 Å². The standard InChI is InChI=1S/C5H11N2O.Am/c1-5(6-8-4)7(2)3;/h4H2,1-3H3;/q-1;/b6-5-;. The maximum atomic E-state index is 4.26. The summed E-state index contributed by atoms with van der Waals surface area (Å²) in [6.07, 6.45) is 0. The van der Waals surface area contributed by atoms with Crippen LogP contribution in [0.4, 0.5) is 0 Å². The van der Waals surface area contributed by atoms with Crippen molar-refractivity contribution in [3.05, 3.63) is 7.11 Å². The maximum Gasteiger partial charge on any atom is 0.137 e. The molecule has 0 saturated carbocycles. The molecule has 0 N–H and O–H groups in total. The van der Waals surface area contributed by atoms with E-state index >= 15 is 0 Å². The monoisotopic (exact) mass is 356 g/mol. The molecule has 0 bridgehead atoms. The van der Waals surface area contributed by atoms with Gasteiger partial charge in [-0.2, -0.15) is 0 Å². The summed E-state index contributed by atoms with van der Waals surface area (Å²) >= 11 is 0. The summed E-state index contributed by atoms with van der Waals surface area (Å²) in [5.74, 6) is 0.806. The first kappa shape index (κ1) is 11.5. The Morgan fingerprint density at radius 2 is 2.00 bits per heavy atom. The number of oxime groups is 1. The van der Waals surface area contributed by atoms with Gasteiger partial charge in [-0.15, -0.1) is 12.3 Å². The zero-order valence-electron chi connectivity index (χ0n) is 5.89. The zero-order chi connectivity index (χ0) is 6.57. The smallest absolute Gasteiger partial charge is 0.137 e. The van der Waals surface area contributed by atoms with E-state index in [1.54, 1.807) is 0 Å². The summed E-state index contributed by atoms with van der Waals surface area (Å²) in [6.45, 7) is 1.84. The van der Waals surface area contributed by atoms with Crippen molar-refractivity contribution in [1.29, 1.82) is 0 Å². The van der Waals surface area contributed by atoms with Gasteiger partial charge >= 0.3 is 0 Å². The number of hydrogen-bond donors (Lipinski definition) is 0. The van der Waals surface area contributed by atoms with Crippen LogP contribution in [0.5, 0.6) is 0 Å². The van der Waals surface area contributed by atoms with E-state index in [1.807, 2.05) is 25.9 Å². The molecule has 0 aromatic heterocycles. The van der Waals surface area contributed by atoms with Gasteiger partial charge in [0.05, 0.1) is 0 Å². The SMILES string of the molecule is [Am].[CH2-]O/N=C(/C)N(C)C. The predicted molar refractivity (Wildman–Crippen MR) is 33.2 cm³/mol. The molecular formula is C5H11AmN2O-. The van der Waals surface area contributed by atoms with Gasteiger partial charge in [-0.1, -0.05) is 0 Å². The number of hydrogen-bond acceptors (Lipinski definition) is 2. The van der Waals surface area contributed by atoms with Crippen molar-refractivity contribution in [2.24, 2.45) is 5.16 Å². The van der Waals surface area contributed by atoms with Gasteiger partial charge in [-0.25, -0.2) is 0 Å². The zero-order valence-corrected chi connectivity index (χ0v) is 9.04. The number of amidine groups is 1. The van der Waals surface area contributed by atoms with Crippen LogP contribution in [0, 0.1) is 21.4 Å². The molecular weight excluding hydrogens is 347 g/mol. The van der Waals surface area contributed by atoms with Crippen molar-refractivity contribution in [3.63, 3.8) is 0 Å². The van der Waals surface area contributed by atoms with Crippen molar-refractivity contribution in [2.45, 2.75) is 6.92 Å². The molecule has 0 aliphatic rings. The van der Waals surface area contributed by atoms with Crippen LogP contribution in [0.3, 0.4) is 0 Å². The molecule has 0 aliphatic carbocycles. The molecule has 0 aliphatic heterocycles. The Morgan fingerprint density at radius 1 is 1.56 bits per heavy atom. The minimum Gasteiger partial charge on any atom is -0.569 e. The average Bonchev–Trinajstić information content (AvgIpc) is 1.67. The molecule has 0 unspecified atom stereocenters. The van der Waals surface area contributed by atoms with Gasteiger partial charge in [0.15, 0.2) is 0 Å². The quantitative estimate of drug-likeness (QED) is 0.298. The second-order valence-corrected chi connectivity index (χ2v) is 1.66. The molecule has 0 heterocycles. The van der Waals surface area contributed by atoms with Crippen LogP contribution in [0.2, 0.25) is 0 Å². The van der Waals surface area contributed by atoms with Crippen LogP contribution in [0.15, 0.2) is 5.16 Å². The van der Waals surface area contributed by atoms with E-state index in [-0.39, 0.29) is 14.3 Å². The van der Waals surface area contributed by atoms with Crippen molar-refractivity contribution in [2.75, 3.05) is 14.1 Å². The Bertz CT molecular complexity index is 93.0. The predicted octanol–water partition coefficient (Wildman–Crippen LogP) is 0.690. The molecule has 55 valence electrons. The summed E-state index contributed by atoms with van der Waals surface area (Å²) in [4.78, 5) is 6.10. The van der Waals surface area contributed by atoms with Crippen molar-refractivity contribution in [3.8, 4) is 0 Å². The van der Waals surface area contributed by atoms with Gasteiger partial charge in [0.2, 0.25) is 0 Å². The fourth-order valence-electron chi connectivity index (χ4n) is 0.175. The van der Waals surface area contributed by atoms with Crippen molar-refractivity contribution in [1.82, 2.24) is 4.90 Å². The third kappa shape index (κ3) is 5.53. The summed E-state index contributed by atoms with van der Waals surface area (Å²) in [7, 11) is 6.87. The third-order valence-electron chi connectivity index (χ3n) is 0.844. The second-order valence-electron chi connectivity index (χ2n) is 1.66. The molecule has 0 spiro atoms. The van der Waals surface area contributed by atoms with Gasteiger partial charge in [0.25, 0.3) is 0 Å². The summed E-state index contributed by atoms with van der Waals surface area (Å²) in [6, 6.07) is 0. The minimum absolute atomic E-state index is 0. The summed E-state index contributed by atoms with van der Waals surface area (Å²) in [5.41, 5.74) is 0. The second kappa shape index (κ2) is 5.79. The fourth-order valence-corrected chi connectivity index (χ4v) is 0.175. The third-order valence-corrected chi connectivity index (χ3v) is 0.844. The van der Waals surface area contributed by atoms with E-state index in [4.69, 9.17) is 0 Å². The largest absolute Gasteiger partial charge is 0.569 e. The van der Waals surface area contributed by atoms with Gasteiger partial charge in [0, 0.05) is 28.4 Å². The van der Waals surface area contributed by atoms with Crippen LogP contribution < -0.4 is 0 Å². The van der Waals surface area contributed by atoms with Crippen LogP contribution in [0.25, 0.3) is 0 Å². The first-order valence-electron chi connectivity index (χ1n) is 2.31. The van der Waals surface area contributed by atoms with Gasteiger partial charge in [0.1, 0.15) is 5.84 Å². The molecule has 4 heteroatoms. The van der Waals surface area contributed by atoms with E-state index < -0.39 is 0 Å². The van der Waals surface area contributed by atoms with E-state index in [0.717, 1.165) is 5.84 Å². The maximum absolute atomic E-state index is 4.26. The Kier molecular flexibility index (Phi) is 7.37. The van der Waals surface area contributed by atoms with E-state index in [1.165, 1.54) is 0 Å². The summed E-state index contributed by atoms with van der Waals surface area (Å²) in [5, 5.41) is 3.56. The molecule has 0 atom stereocenters. The molecule has 0 amide bonds. The Morgan fingerprint density at radius 3 is 2.11 bits per heavy atom. The molecule has 0 aromatic carbocycles. The fraction of sp³-hybridized carbons (Fsp3) is 0.600. The average molecular weight is 358 g/mol. The number of rotatable bonds is 1. The Labute approximate surface area is 63.9 Å². The van der Waals surface area contributed by atoms with E-state index in [9.17, 15) is 0 Å². The molecule has 0 aromatic rings. The normalized spacial score (nSPS) is 10.0. The van der Waals surface area contributed by atoms with Crippen molar-refractivity contribution < 1.29 is 19.1 Å². The van der Waals surface area contributed by atoms with Gasteiger partial charge in [-0.3, -0.25) is 0 Å². The van der Waals surface area contributed by atoms with Crippen LogP contribution >= 0.6 is 0 Å². The molecule has 1 radical (unpaired) electrons. The van der Waals surface area contributed by atoms with Gasteiger partial charge in [-0.05, 0) is 6.92 Å². The molecule has 0 fully saturated rings. The Balaban J connectivity index is 0. The molecule has 9 heavy (non-hydrogen) atoms. The van der Waals surface area contributed by atoms with E-state index in [0.29, 0.717) is 0 Å². The minimum atomic E-state index is 0. The van der Waals surface area contributed by atoms with Gasteiger partial charge < -0.3 is 9.74 Å². The van der Waals surface area contributed by atoms with Crippen LogP contribution in [-0.4, -0.2) is 24.8 Å². The molecule has 0 rings (SSSR count). The van der Waals surface area contributed by atoms with Crippen LogP contribution in [-0.2, 0) is 4.84 Å². The topological polar surface area (TPSA) is 24.8 Å². The molecule has 3 nitrogen and oxygen atoms in total.